The molecule has 148 valence electrons. The molecule has 29 heavy (non-hydrogen) atoms. The Morgan fingerprint density at radius 1 is 1.00 bits per heavy atom. The summed E-state index contributed by atoms with van der Waals surface area (Å²) in [6, 6.07) is 11.9. The highest BCUT2D eigenvalue weighted by molar-refractivity contribution is 6.35. The molecule has 0 N–H and O–H groups in total. The van der Waals surface area contributed by atoms with Gasteiger partial charge in [0.1, 0.15) is 11.5 Å². The molecular formula is C19H13Cl3N4O3. The average molecular weight is 452 g/mol. The molecular weight excluding hydrogens is 439 g/mol. The normalized spacial score (nSPS) is 10.9. The second-order valence-corrected chi connectivity index (χ2v) is 7.14. The van der Waals surface area contributed by atoms with Crippen molar-refractivity contribution in [3.05, 3.63) is 63.7 Å². The van der Waals surface area contributed by atoms with E-state index in [-0.39, 0.29) is 12.6 Å². The van der Waals surface area contributed by atoms with E-state index >= 15 is 0 Å². The van der Waals surface area contributed by atoms with Crippen LogP contribution < -0.4 is 9.47 Å². The minimum atomic E-state index is 0.143. The van der Waals surface area contributed by atoms with Crippen molar-refractivity contribution in [2.24, 2.45) is 0 Å². The van der Waals surface area contributed by atoms with E-state index < -0.39 is 0 Å². The van der Waals surface area contributed by atoms with E-state index in [4.69, 9.17) is 48.8 Å². The summed E-state index contributed by atoms with van der Waals surface area (Å²) in [6.45, 7) is 0.143. The van der Waals surface area contributed by atoms with Gasteiger partial charge in [0.15, 0.2) is 12.4 Å². The number of benzene rings is 2. The molecule has 0 spiro atoms. The van der Waals surface area contributed by atoms with Crippen LogP contribution >= 0.6 is 34.8 Å². The molecule has 2 heterocycles. The van der Waals surface area contributed by atoms with Crippen LogP contribution in [0.15, 0.2) is 53.2 Å². The lowest BCUT2D eigenvalue weighted by Gasteiger charge is -2.07. The number of hydrogen-bond acceptors (Lipinski definition) is 6. The Morgan fingerprint density at radius 2 is 1.76 bits per heavy atom. The first-order chi connectivity index (χ1) is 14.0. The Bertz CT molecular complexity index is 1160. The maximum atomic E-state index is 6.10. The molecule has 0 fully saturated rings. The summed E-state index contributed by atoms with van der Waals surface area (Å²) >= 11 is 18.1. The van der Waals surface area contributed by atoms with Gasteiger partial charge in [-0.05, 0) is 42.5 Å². The summed E-state index contributed by atoms with van der Waals surface area (Å²) in [6.07, 6.45) is 1.73. The number of rotatable bonds is 6. The van der Waals surface area contributed by atoms with Crippen LogP contribution in [0.1, 0.15) is 0 Å². The van der Waals surface area contributed by atoms with Crippen LogP contribution in [-0.2, 0) is 6.73 Å². The first-order valence-electron chi connectivity index (χ1n) is 8.33. The summed E-state index contributed by atoms with van der Waals surface area (Å²) in [5.74, 6) is 1.69. The van der Waals surface area contributed by atoms with Crippen molar-refractivity contribution in [2.75, 3.05) is 7.11 Å². The van der Waals surface area contributed by atoms with Crippen molar-refractivity contribution < 1.29 is 14.0 Å². The second-order valence-electron chi connectivity index (χ2n) is 5.86. The maximum Gasteiger partial charge on any atom is 0.278 e. The molecule has 0 atom stereocenters. The molecule has 0 aliphatic carbocycles. The van der Waals surface area contributed by atoms with Crippen LogP contribution in [0.5, 0.6) is 11.5 Å². The van der Waals surface area contributed by atoms with E-state index in [1.54, 1.807) is 60.5 Å². The lowest BCUT2D eigenvalue weighted by atomic mass is 10.2. The average Bonchev–Trinajstić information content (AvgIpc) is 3.37. The Kier molecular flexibility index (Phi) is 5.62. The van der Waals surface area contributed by atoms with Gasteiger partial charge >= 0.3 is 0 Å². The third-order valence-corrected chi connectivity index (χ3v) is 4.70. The van der Waals surface area contributed by atoms with Gasteiger partial charge in [0.25, 0.3) is 5.89 Å². The Morgan fingerprint density at radius 3 is 2.52 bits per heavy atom. The fourth-order valence-corrected chi connectivity index (χ4v) is 3.20. The molecule has 4 aromatic rings. The van der Waals surface area contributed by atoms with E-state index in [1.807, 2.05) is 0 Å². The molecule has 2 aromatic heterocycles. The summed E-state index contributed by atoms with van der Waals surface area (Å²) in [4.78, 5) is 4.39. The van der Waals surface area contributed by atoms with Gasteiger partial charge in [0, 0.05) is 16.2 Å². The van der Waals surface area contributed by atoms with Crippen LogP contribution in [0.25, 0.3) is 23.0 Å². The van der Waals surface area contributed by atoms with Gasteiger partial charge in [-0.1, -0.05) is 40.0 Å². The van der Waals surface area contributed by atoms with E-state index in [0.717, 1.165) is 0 Å². The van der Waals surface area contributed by atoms with Gasteiger partial charge in [-0.15, -0.1) is 0 Å². The van der Waals surface area contributed by atoms with Crippen molar-refractivity contribution in [2.45, 2.75) is 6.73 Å². The zero-order valence-electron chi connectivity index (χ0n) is 15.0. The third-order valence-electron chi connectivity index (χ3n) is 3.93. The molecule has 7 nitrogen and oxygen atoms in total. The van der Waals surface area contributed by atoms with Crippen molar-refractivity contribution >= 4 is 34.8 Å². The monoisotopic (exact) mass is 450 g/mol. The molecule has 10 heteroatoms. The number of hydrogen-bond donors (Lipinski definition) is 0. The van der Waals surface area contributed by atoms with Crippen LogP contribution in [0.3, 0.4) is 0 Å². The Balaban J connectivity index is 1.51. The highest BCUT2D eigenvalue weighted by Gasteiger charge is 2.17. The number of ether oxygens (including phenoxy) is 2. The Hall–Kier alpha value is -2.74. The molecule has 0 saturated heterocycles. The number of methoxy groups -OCH3 is 1. The molecule has 0 radical (unpaired) electrons. The topological polar surface area (TPSA) is 75.2 Å². The summed E-state index contributed by atoms with van der Waals surface area (Å²) in [5, 5.41) is 9.87. The van der Waals surface area contributed by atoms with Crippen LogP contribution in [0, 0.1) is 0 Å². The SMILES string of the molecule is COc1ccc(Cl)cc1-c1noc(-c2ccn(COc3ccc(Cl)cc3Cl)n2)n1. The lowest BCUT2D eigenvalue weighted by Crippen LogP contribution is -2.06. The quantitative estimate of drug-likeness (QED) is 0.379. The zero-order chi connectivity index (χ0) is 20.4. The molecule has 0 aliphatic heterocycles. The van der Waals surface area contributed by atoms with E-state index in [1.165, 1.54) is 0 Å². The van der Waals surface area contributed by atoms with Crippen molar-refractivity contribution in [1.82, 2.24) is 19.9 Å². The number of halogens is 3. The first kappa shape index (κ1) is 19.6. The highest BCUT2D eigenvalue weighted by Crippen LogP contribution is 2.32. The molecule has 0 amide bonds. The predicted molar refractivity (Wildman–Crippen MR) is 110 cm³/mol. The fourth-order valence-electron chi connectivity index (χ4n) is 2.57. The summed E-state index contributed by atoms with van der Waals surface area (Å²) in [5.41, 5.74) is 1.12. The zero-order valence-corrected chi connectivity index (χ0v) is 17.2. The molecule has 0 saturated carbocycles. The Labute approximate surface area is 180 Å². The molecule has 0 unspecified atom stereocenters. The van der Waals surface area contributed by atoms with Gasteiger partial charge in [-0.25, -0.2) is 4.68 Å². The van der Waals surface area contributed by atoms with Crippen LogP contribution in [0.4, 0.5) is 0 Å². The standard InChI is InChI=1S/C19H13Cl3N4O3/c1-27-16-4-2-11(20)8-13(16)18-23-19(29-25-18)15-6-7-26(24-15)10-28-17-5-3-12(21)9-14(17)22/h2-9H,10H2,1H3. The first-order valence-corrected chi connectivity index (χ1v) is 9.46. The smallest absolute Gasteiger partial charge is 0.278 e. The summed E-state index contributed by atoms with van der Waals surface area (Å²) in [7, 11) is 1.56. The maximum absolute atomic E-state index is 6.10. The van der Waals surface area contributed by atoms with Gasteiger partial charge in [-0.2, -0.15) is 10.1 Å². The highest BCUT2D eigenvalue weighted by atomic mass is 35.5. The van der Waals surface area contributed by atoms with E-state index in [0.29, 0.717) is 43.6 Å². The fraction of sp³-hybridized carbons (Fsp3) is 0.105. The molecule has 4 rings (SSSR count). The van der Waals surface area contributed by atoms with Crippen LogP contribution in [-0.4, -0.2) is 27.0 Å². The minimum absolute atomic E-state index is 0.143. The summed E-state index contributed by atoms with van der Waals surface area (Å²) < 4.78 is 17.9. The second kappa shape index (κ2) is 8.32. The van der Waals surface area contributed by atoms with Gasteiger partial charge < -0.3 is 14.0 Å². The molecule has 0 bridgehead atoms. The third kappa shape index (κ3) is 4.32. The van der Waals surface area contributed by atoms with Crippen molar-refractivity contribution in [3.63, 3.8) is 0 Å². The van der Waals surface area contributed by atoms with Gasteiger partial charge in [0.2, 0.25) is 5.82 Å². The predicted octanol–water partition coefficient (Wildman–Crippen LogP) is 5.61. The van der Waals surface area contributed by atoms with E-state index in [2.05, 4.69) is 15.2 Å². The largest absolute Gasteiger partial charge is 0.496 e. The molecule has 0 aliphatic rings. The minimum Gasteiger partial charge on any atom is -0.496 e. The molecule has 2 aromatic carbocycles. The van der Waals surface area contributed by atoms with Gasteiger partial charge in [0.05, 0.1) is 17.7 Å². The lowest BCUT2D eigenvalue weighted by molar-refractivity contribution is 0.221. The number of aromatic nitrogens is 4. The van der Waals surface area contributed by atoms with Crippen molar-refractivity contribution in [1.29, 1.82) is 0 Å². The van der Waals surface area contributed by atoms with Crippen LogP contribution in [0.2, 0.25) is 15.1 Å². The van der Waals surface area contributed by atoms with E-state index in [9.17, 15) is 0 Å². The van der Waals surface area contributed by atoms with Crippen molar-refractivity contribution in [3.8, 4) is 34.5 Å². The van der Waals surface area contributed by atoms with Gasteiger partial charge in [-0.3, -0.25) is 0 Å². The number of nitrogens with zero attached hydrogens (tertiary/aromatic N) is 4.